The van der Waals surface area contributed by atoms with Gasteiger partial charge in [0.15, 0.2) is 0 Å². The summed E-state index contributed by atoms with van der Waals surface area (Å²) in [6, 6.07) is 15.4. The zero-order chi connectivity index (χ0) is 16.4. The second-order valence-corrected chi connectivity index (χ2v) is 6.36. The zero-order valence-electron chi connectivity index (χ0n) is 12.8. The summed E-state index contributed by atoms with van der Waals surface area (Å²) in [5.41, 5.74) is 3.49. The van der Waals surface area contributed by atoms with Gasteiger partial charge in [-0.15, -0.1) is 11.3 Å². The van der Waals surface area contributed by atoms with Gasteiger partial charge in [0, 0.05) is 35.6 Å². The van der Waals surface area contributed by atoms with Crippen LogP contribution in [0.4, 0.5) is 5.69 Å². The van der Waals surface area contributed by atoms with Gasteiger partial charge >= 0.3 is 0 Å². The van der Waals surface area contributed by atoms with Crippen LogP contribution in [0.1, 0.15) is 21.6 Å². The van der Waals surface area contributed by atoms with E-state index in [9.17, 15) is 4.79 Å². The summed E-state index contributed by atoms with van der Waals surface area (Å²) in [5.74, 6) is 0.00799. The molecule has 4 nitrogen and oxygen atoms in total. The number of ketones is 1. The number of hydrogen-bond donors (Lipinski definition) is 2. The molecule has 0 aliphatic carbocycles. The minimum absolute atomic E-state index is 0.00799. The van der Waals surface area contributed by atoms with Crippen molar-refractivity contribution in [2.45, 2.75) is 6.54 Å². The molecule has 0 bridgehead atoms. The summed E-state index contributed by atoms with van der Waals surface area (Å²) in [6.07, 6.45) is 3.57. The number of nitrogens with one attached hydrogen (secondary N) is 2. The van der Waals surface area contributed by atoms with Crippen molar-refractivity contribution < 1.29 is 4.79 Å². The second-order valence-electron chi connectivity index (χ2n) is 5.46. The van der Waals surface area contributed by atoms with Crippen molar-refractivity contribution in [3.05, 3.63) is 83.1 Å². The first kappa shape index (κ1) is 14.7. The van der Waals surface area contributed by atoms with Crippen LogP contribution in [0.2, 0.25) is 0 Å². The van der Waals surface area contributed by atoms with Crippen LogP contribution in [0.3, 0.4) is 0 Å². The lowest BCUT2D eigenvalue weighted by Crippen LogP contribution is -2.03. The number of hydrogen-bond acceptors (Lipinski definition) is 4. The monoisotopic (exact) mass is 333 g/mol. The molecular weight excluding hydrogens is 318 g/mol. The van der Waals surface area contributed by atoms with Crippen molar-refractivity contribution in [3.8, 4) is 0 Å². The van der Waals surface area contributed by atoms with Gasteiger partial charge in [-0.2, -0.15) is 0 Å². The highest BCUT2D eigenvalue weighted by Gasteiger charge is 2.09. The fraction of sp³-hybridized carbons (Fsp3) is 0.0526. The molecule has 5 heteroatoms. The fourth-order valence-corrected chi connectivity index (χ4v) is 3.39. The van der Waals surface area contributed by atoms with Gasteiger partial charge in [0.25, 0.3) is 0 Å². The van der Waals surface area contributed by atoms with E-state index in [2.05, 4.69) is 21.4 Å². The normalized spacial score (nSPS) is 10.8. The van der Waals surface area contributed by atoms with Crippen molar-refractivity contribution in [1.29, 1.82) is 0 Å². The lowest BCUT2D eigenvalue weighted by molar-refractivity contribution is 0.103. The van der Waals surface area contributed by atoms with E-state index < -0.39 is 0 Å². The average Bonchev–Trinajstić information content (AvgIpc) is 3.31. The SMILES string of the molecule is O=C(c1ccc(CNc2ccnc3sccc23)cc1)c1ccc[nH]1. The predicted octanol–water partition coefficient (Wildman–Crippen LogP) is 4.47. The predicted molar refractivity (Wildman–Crippen MR) is 97.6 cm³/mol. The number of pyridine rings is 1. The Morgan fingerprint density at radius 1 is 1.12 bits per heavy atom. The summed E-state index contributed by atoms with van der Waals surface area (Å²) in [4.78, 5) is 20.6. The molecule has 24 heavy (non-hydrogen) atoms. The molecule has 0 spiro atoms. The zero-order valence-corrected chi connectivity index (χ0v) is 13.6. The Labute approximate surface area is 143 Å². The third-order valence-corrected chi connectivity index (χ3v) is 4.73. The van der Waals surface area contributed by atoms with E-state index in [4.69, 9.17) is 0 Å². The Hall–Kier alpha value is -2.92. The van der Waals surface area contributed by atoms with Crippen molar-refractivity contribution >= 4 is 33.0 Å². The van der Waals surface area contributed by atoms with E-state index in [0.29, 0.717) is 17.8 Å². The van der Waals surface area contributed by atoms with Crippen molar-refractivity contribution in [3.63, 3.8) is 0 Å². The Bertz CT molecular complexity index is 971. The minimum atomic E-state index is 0.00799. The van der Waals surface area contributed by atoms with Crippen LogP contribution >= 0.6 is 11.3 Å². The number of nitrogens with zero attached hydrogens (tertiary/aromatic N) is 1. The van der Waals surface area contributed by atoms with Gasteiger partial charge in [-0.05, 0) is 35.2 Å². The largest absolute Gasteiger partial charge is 0.380 e. The van der Waals surface area contributed by atoms with Crippen LogP contribution in [0.5, 0.6) is 0 Å². The molecule has 0 aliphatic rings. The summed E-state index contributed by atoms with van der Waals surface area (Å²) < 4.78 is 0. The van der Waals surface area contributed by atoms with Crippen molar-refractivity contribution in [2.75, 3.05) is 5.32 Å². The van der Waals surface area contributed by atoms with Gasteiger partial charge < -0.3 is 10.3 Å². The van der Waals surface area contributed by atoms with Crippen LogP contribution in [0, 0.1) is 0 Å². The molecule has 0 atom stereocenters. The summed E-state index contributed by atoms with van der Waals surface area (Å²) in [6.45, 7) is 0.700. The maximum Gasteiger partial charge on any atom is 0.209 e. The smallest absolute Gasteiger partial charge is 0.209 e. The Kier molecular flexibility index (Phi) is 3.84. The van der Waals surface area contributed by atoms with Crippen LogP contribution in [0.15, 0.2) is 66.3 Å². The van der Waals surface area contributed by atoms with E-state index in [1.54, 1.807) is 23.6 Å². The van der Waals surface area contributed by atoms with Gasteiger partial charge in [-0.25, -0.2) is 4.98 Å². The van der Waals surface area contributed by atoms with E-state index in [1.165, 1.54) is 0 Å². The molecule has 3 aromatic heterocycles. The van der Waals surface area contributed by atoms with E-state index in [0.717, 1.165) is 21.5 Å². The maximum atomic E-state index is 12.3. The summed E-state index contributed by atoms with van der Waals surface area (Å²) in [5, 5.41) is 6.63. The topological polar surface area (TPSA) is 57.8 Å². The molecule has 0 fully saturated rings. The molecule has 0 aliphatic heterocycles. The average molecular weight is 333 g/mol. The van der Waals surface area contributed by atoms with Crippen LogP contribution in [-0.2, 0) is 6.54 Å². The highest BCUT2D eigenvalue weighted by Crippen LogP contribution is 2.26. The quantitative estimate of drug-likeness (QED) is 0.530. The van der Waals surface area contributed by atoms with E-state index >= 15 is 0 Å². The molecule has 0 amide bonds. The van der Waals surface area contributed by atoms with E-state index in [1.807, 2.05) is 48.0 Å². The molecule has 0 unspecified atom stereocenters. The van der Waals surface area contributed by atoms with Crippen LogP contribution < -0.4 is 5.32 Å². The first-order valence-corrected chi connectivity index (χ1v) is 8.52. The van der Waals surface area contributed by atoms with Crippen molar-refractivity contribution in [1.82, 2.24) is 9.97 Å². The number of H-pyrrole nitrogens is 1. The maximum absolute atomic E-state index is 12.3. The standard InChI is InChI=1S/C19H15N3OS/c23-18(17-2-1-9-20-17)14-5-3-13(4-6-14)12-22-16-7-10-21-19-15(16)8-11-24-19/h1-11,20H,12H2,(H,21,22). The molecule has 0 radical (unpaired) electrons. The summed E-state index contributed by atoms with van der Waals surface area (Å²) >= 11 is 1.64. The Morgan fingerprint density at radius 2 is 2.00 bits per heavy atom. The molecule has 4 aromatic rings. The van der Waals surface area contributed by atoms with Crippen molar-refractivity contribution in [2.24, 2.45) is 0 Å². The van der Waals surface area contributed by atoms with Gasteiger partial charge in [-0.1, -0.05) is 24.3 Å². The number of benzene rings is 1. The number of aromatic nitrogens is 2. The lowest BCUT2D eigenvalue weighted by Gasteiger charge is -2.08. The number of aromatic amines is 1. The summed E-state index contributed by atoms with van der Waals surface area (Å²) in [7, 11) is 0. The number of rotatable bonds is 5. The highest BCUT2D eigenvalue weighted by atomic mass is 32.1. The van der Waals surface area contributed by atoms with Crippen LogP contribution in [-0.4, -0.2) is 15.8 Å². The second kappa shape index (κ2) is 6.29. The lowest BCUT2D eigenvalue weighted by atomic mass is 10.1. The van der Waals surface area contributed by atoms with Gasteiger partial charge in [0.2, 0.25) is 5.78 Å². The molecule has 118 valence electrons. The van der Waals surface area contributed by atoms with Gasteiger partial charge in [0.05, 0.1) is 5.69 Å². The number of carbonyl (C=O) groups is 1. The molecule has 1 aromatic carbocycles. The molecule has 3 heterocycles. The third-order valence-electron chi connectivity index (χ3n) is 3.91. The van der Waals surface area contributed by atoms with Gasteiger partial charge in [-0.3, -0.25) is 4.79 Å². The molecular formula is C19H15N3OS. The van der Waals surface area contributed by atoms with Gasteiger partial charge in [0.1, 0.15) is 4.83 Å². The number of anilines is 1. The molecule has 4 rings (SSSR count). The number of fused-ring (bicyclic) bond motifs is 1. The number of carbonyl (C=O) groups excluding carboxylic acids is 1. The minimum Gasteiger partial charge on any atom is -0.380 e. The van der Waals surface area contributed by atoms with Crippen LogP contribution in [0.25, 0.3) is 10.2 Å². The third kappa shape index (κ3) is 2.81. The Morgan fingerprint density at radius 3 is 2.79 bits per heavy atom. The fourth-order valence-electron chi connectivity index (χ4n) is 2.63. The molecule has 0 saturated carbocycles. The number of thiophene rings is 1. The molecule has 2 N–H and O–H groups in total. The first-order valence-electron chi connectivity index (χ1n) is 7.64. The molecule has 0 saturated heterocycles. The first-order chi connectivity index (χ1) is 11.8. The highest BCUT2D eigenvalue weighted by molar-refractivity contribution is 7.16. The Balaban J connectivity index is 1.48. The van der Waals surface area contributed by atoms with E-state index in [-0.39, 0.29) is 5.78 Å².